The molecule has 0 spiro atoms. The van der Waals surface area contributed by atoms with Gasteiger partial charge in [-0.1, -0.05) is 82.2 Å². The Bertz CT molecular complexity index is 768. The molecule has 0 saturated carbocycles. The molecule has 0 aliphatic heterocycles. The summed E-state index contributed by atoms with van der Waals surface area (Å²) < 4.78 is 0. The molecule has 0 nitrogen and oxygen atoms in total. The molecule has 0 fully saturated rings. The maximum Gasteiger partial charge on any atom is 0.0441 e. The number of hydrogen-bond donors (Lipinski definition) is 0. The van der Waals surface area contributed by atoms with Crippen LogP contribution in [0.5, 0.6) is 0 Å². The van der Waals surface area contributed by atoms with E-state index in [1.54, 1.807) is 0 Å². The third-order valence-electron chi connectivity index (χ3n) is 4.06. The fraction of sp³-hybridized carbons (Fsp3) is 0.200. The van der Waals surface area contributed by atoms with Crippen LogP contribution in [-0.4, -0.2) is 0 Å². The van der Waals surface area contributed by atoms with E-state index in [-0.39, 0.29) is 0 Å². The van der Waals surface area contributed by atoms with Gasteiger partial charge in [0.15, 0.2) is 0 Å². The molecule has 21 heavy (non-hydrogen) atoms. The zero-order chi connectivity index (χ0) is 14.8. The van der Waals surface area contributed by atoms with Crippen molar-refractivity contribution in [2.75, 3.05) is 0 Å². The molecule has 0 saturated heterocycles. The lowest BCUT2D eigenvalue weighted by Gasteiger charge is -2.15. The van der Waals surface area contributed by atoms with Crippen LogP contribution in [0.3, 0.4) is 0 Å². The van der Waals surface area contributed by atoms with Gasteiger partial charge in [-0.25, -0.2) is 0 Å². The summed E-state index contributed by atoms with van der Waals surface area (Å²) in [6.07, 6.45) is 1.02. The molecule has 1 atom stereocenters. The van der Waals surface area contributed by atoms with Crippen molar-refractivity contribution in [1.82, 2.24) is 0 Å². The smallest absolute Gasteiger partial charge is 0.0441 e. The Balaban J connectivity index is 1.97. The van der Waals surface area contributed by atoms with Gasteiger partial charge in [-0.05, 0) is 47.7 Å². The second-order valence-electron chi connectivity index (χ2n) is 5.67. The Hall–Kier alpha value is -1.60. The van der Waals surface area contributed by atoms with Gasteiger partial charge in [-0.15, -0.1) is 0 Å². The van der Waals surface area contributed by atoms with Gasteiger partial charge in [0.2, 0.25) is 0 Å². The zero-order valence-corrected chi connectivity index (χ0v) is 14.0. The Kier molecular flexibility index (Phi) is 4.12. The molecular formula is C20H19Br. The summed E-state index contributed by atoms with van der Waals surface area (Å²) in [5.74, 6) is 0. The van der Waals surface area contributed by atoms with E-state index in [0.717, 1.165) is 6.42 Å². The predicted octanol–water partition coefficient (Wildman–Crippen LogP) is 6.14. The van der Waals surface area contributed by atoms with E-state index >= 15 is 0 Å². The largest absolute Gasteiger partial charge is 0.0835 e. The van der Waals surface area contributed by atoms with Crippen LogP contribution >= 0.6 is 15.9 Å². The number of alkyl halides is 1. The summed E-state index contributed by atoms with van der Waals surface area (Å²) in [6.45, 7) is 4.35. The zero-order valence-electron chi connectivity index (χ0n) is 12.4. The maximum atomic E-state index is 3.90. The van der Waals surface area contributed by atoms with Crippen molar-refractivity contribution in [2.45, 2.75) is 25.1 Å². The van der Waals surface area contributed by atoms with Gasteiger partial charge in [-0.2, -0.15) is 0 Å². The Morgan fingerprint density at radius 3 is 2.52 bits per heavy atom. The molecule has 0 radical (unpaired) electrons. The Morgan fingerprint density at radius 1 is 0.905 bits per heavy atom. The van der Waals surface area contributed by atoms with Crippen LogP contribution in [0.2, 0.25) is 0 Å². The minimum atomic E-state index is 0.337. The molecule has 0 bridgehead atoms. The van der Waals surface area contributed by atoms with E-state index in [1.807, 2.05) is 0 Å². The second-order valence-corrected chi connectivity index (χ2v) is 6.78. The highest BCUT2D eigenvalue weighted by Crippen LogP contribution is 2.33. The first-order chi connectivity index (χ1) is 10.1. The third kappa shape index (κ3) is 3.03. The maximum absolute atomic E-state index is 3.90. The normalized spacial score (nSPS) is 12.5. The summed E-state index contributed by atoms with van der Waals surface area (Å²) in [7, 11) is 0. The van der Waals surface area contributed by atoms with Gasteiger partial charge in [0.25, 0.3) is 0 Å². The molecule has 3 aromatic rings. The number of hydrogen-bond acceptors (Lipinski definition) is 0. The number of benzene rings is 3. The SMILES string of the molecule is Cc1ccc(C)c(CC(Br)c2cccc3ccccc23)c1. The quantitative estimate of drug-likeness (QED) is 0.503. The average Bonchev–Trinajstić information content (AvgIpc) is 2.50. The van der Waals surface area contributed by atoms with Crippen LogP contribution in [0.1, 0.15) is 27.1 Å². The van der Waals surface area contributed by atoms with Gasteiger partial charge >= 0.3 is 0 Å². The minimum Gasteiger partial charge on any atom is -0.0835 e. The summed E-state index contributed by atoms with van der Waals surface area (Å²) in [5.41, 5.74) is 5.48. The van der Waals surface area contributed by atoms with E-state index < -0.39 is 0 Å². The minimum absolute atomic E-state index is 0.337. The number of aryl methyl sites for hydroxylation is 2. The number of halogens is 1. The predicted molar refractivity (Wildman–Crippen MR) is 95.2 cm³/mol. The number of fused-ring (bicyclic) bond motifs is 1. The second kappa shape index (κ2) is 6.03. The first-order valence-corrected chi connectivity index (χ1v) is 8.24. The molecule has 0 aliphatic rings. The fourth-order valence-electron chi connectivity index (χ4n) is 2.85. The number of rotatable bonds is 3. The molecule has 0 amide bonds. The van der Waals surface area contributed by atoms with Gasteiger partial charge < -0.3 is 0 Å². The van der Waals surface area contributed by atoms with E-state index in [0.29, 0.717) is 4.83 Å². The average molecular weight is 339 g/mol. The highest BCUT2D eigenvalue weighted by molar-refractivity contribution is 9.09. The van der Waals surface area contributed by atoms with E-state index in [1.165, 1.54) is 33.0 Å². The molecule has 0 aromatic heterocycles. The van der Waals surface area contributed by atoms with E-state index in [4.69, 9.17) is 0 Å². The Labute approximate surface area is 134 Å². The van der Waals surface area contributed by atoms with Crippen molar-refractivity contribution < 1.29 is 0 Å². The standard InChI is InChI=1S/C20H19Br/c1-14-10-11-15(2)17(12-14)13-20(21)19-9-5-7-16-6-3-4-8-18(16)19/h3-12,20H,13H2,1-2H3. The molecule has 0 heterocycles. The van der Waals surface area contributed by atoms with Crippen molar-refractivity contribution in [3.63, 3.8) is 0 Å². The Morgan fingerprint density at radius 2 is 1.67 bits per heavy atom. The molecule has 1 unspecified atom stereocenters. The monoisotopic (exact) mass is 338 g/mol. The molecule has 1 heteroatoms. The first-order valence-electron chi connectivity index (χ1n) is 7.33. The molecular weight excluding hydrogens is 320 g/mol. The summed E-state index contributed by atoms with van der Waals surface area (Å²) in [6, 6.07) is 21.8. The van der Waals surface area contributed by atoms with E-state index in [2.05, 4.69) is 90.4 Å². The summed E-state index contributed by atoms with van der Waals surface area (Å²) in [4.78, 5) is 0.337. The first kappa shape index (κ1) is 14.3. The van der Waals surface area contributed by atoms with Gasteiger partial charge in [-0.3, -0.25) is 0 Å². The lowest BCUT2D eigenvalue weighted by Crippen LogP contribution is -1.99. The van der Waals surface area contributed by atoms with Crippen LogP contribution in [-0.2, 0) is 6.42 Å². The molecule has 0 aliphatic carbocycles. The van der Waals surface area contributed by atoms with Crippen LogP contribution in [0.15, 0.2) is 60.7 Å². The van der Waals surface area contributed by atoms with Crippen LogP contribution in [0.25, 0.3) is 10.8 Å². The third-order valence-corrected chi connectivity index (χ3v) is 4.88. The highest BCUT2D eigenvalue weighted by atomic mass is 79.9. The lowest BCUT2D eigenvalue weighted by molar-refractivity contribution is 0.944. The molecule has 0 N–H and O–H groups in total. The molecule has 3 aromatic carbocycles. The summed E-state index contributed by atoms with van der Waals surface area (Å²) >= 11 is 3.90. The van der Waals surface area contributed by atoms with Crippen molar-refractivity contribution in [3.05, 3.63) is 82.9 Å². The van der Waals surface area contributed by atoms with Crippen molar-refractivity contribution in [3.8, 4) is 0 Å². The fourth-order valence-corrected chi connectivity index (χ4v) is 3.59. The highest BCUT2D eigenvalue weighted by Gasteiger charge is 2.13. The van der Waals surface area contributed by atoms with E-state index in [9.17, 15) is 0 Å². The van der Waals surface area contributed by atoms with Crippen LogP contribution in [0.4, 0.5) is 0 Å². The van der Waals surface area contributed by atoms with Crippen LogP contribution < -0.4 is 0 Å². The van der Waals surface area contributed by atoms with Gasteiger partial charge in [0.05, 0.1) is 0 Å². The topological polar surface area (TPSA) is 0 Å². The van der Waals surface area contributed by atoms with Crippen molar-refractivity contribution in [1.29, 1.82) is 0 Å². The lowest BCUT2D eigenvalue weighted by atomic mass is 9.96. The molecule has 3 rings (SSSR count). The van der Waals surface area contributed by atoms with Gasteiger partial charge in [0, 0.05) is 4.83 Å². The van der Waals surface area contributed by atoms with Gasteiger partial charge in [0.1, 0.15) is 0 Å². The summed E-state index contributed by atoms with van der Waals surface area (Å²) in [5, 5.41) is 2.65. The van der Waals surface area contributed by atoms with Crippen molar-refractivity contribution >= 4 is 26.7 Å². The van der Waals surface area contributed by atoms with Crippen LogP contribution in [0, 0.1) is 13.8 Å². The molecule has 106 valence electrons. The van der Waals surface area contributed by atoms with Crippen molar-refractivity contribution in [2.24, 2.45) is 0 Å².